The summed E-state index contributed by atoms with van der Waals surface area (Å²) in [7, 11) is 0. The molecule has 2 heterocycles. The highest BCUT2D eigenvalue weighted by atomic mass is 19.4. The number of nitrogens with one attached hydrogen (secondary N) is 1. The van der Waals surface area contributed by atoms with Gasteiger partial charge in [-0.15, -0.1) is 0 Å². The summed E-state index contributed by atoms with van der Waals surface area (Å²) < 4.78 is 43.5. The van der Waals surface area contributed by atoms with E-state index in [1.165, 1.54) is 18.4 Å². The van der Waals surface area contributed by atoms with Crippen LogP contribution in [0.15, 0.2) is 41.0 Å². The number of furan rings is 1. The third-order valence-corrected chi connectivity index (χ3v) is 4.89. The second kappa shape index (κ2) is 8.08. The molecule has 1 fully saturated rings. The first-order valence-electron chi connectivity index (χ1n) is 9.03. The van der Waals surface area contributed by atoms with Crippen molar-refractivity contribution in [2.24, 2.45) is 5.92 Å². The highest BCUT2D eigenvalue weighted by Gasteiger charge is 2.31. The molecule has 1 saturated heterocycles. The Hall–Kier alpha value is -2.77. The first-order chi connectivity index (χ1) is 13.3. The van der Waals surface area contributed by atoms with Crippen LogP contribution in [0.5, 0.6) is 0 Å². The van der Waals surface area contributed by atoms with Gasteiger partial charge in [0.25, 0.3) is 5.91 Å². The van der Waals surface area contributed by atoms with Gasteiger partial charge >= 0.3 is 6.18 Å². The molecule has 0 bridgehead atoms. The van der Waals surface area contributed by atoms with Crippen molar-refractivity contribution in [2.75, 3.05) is 13.1 Å². The molecule has 2 aromatic rings. The summed E-state index contributed by atoms with van der Waals surface area (Å²) in [5, 5.41) is 2.69. The minimum absolute atomic E-state index is 0.00797. The van der Waals surface area contributed by atoms with E-state index in [9.17, 15) is 22.8 Å². The Kier molecular flexibility index (Phi) is 5.76. The molecule has 1 aliphatic rings. The van der Waals surface area contributed by atoms with Crippen LogP contribution in [-0.2, 0) is 17.5 Å². The molecule has 150 valence electrons. The second-order valence-corrected chi connectivity index (χ2v) is 6.90. The van der Waals surface area contributed by atoms with Crippen molar-refractivity contribution in [3.63, 3.8) is 0 Å². The summed E-state index contributed by atoms with van der Waals surface area (Å²) in [6.45, 7) is 2.54. The topological polar surface area (TPSA) is 62.6 Å². The van der Waals surface area contributed by atoms with Gasteiger partial charge in [0, 0.05) is 19.6 Å². The van der Waals surface area contributed by atoms with Crippen molar-refractivity contribution in [1.82, 2.24) is 10.2 Å². The van der Waals surface area contributed by atoms with Crippen LogP contribution in [0.25, 0.3) is 0 Å². The Morgan fingerprint density at radius 3 is 2.75 bits per heavy atom. The molecule has 1 aromatic heterocycles. The van der Waals surface area contributed by atoms with Gasteiger partial charge in [0.2, 0.25) is 5.91 Å². The molecule has 0 saturated carbocycles. The van der Waals surface area contributed by atoms with E-state index < -0.39 is 17.7 Å². The molecule has 0 spiro atoms. The molecule has 1 N–H and O–H groups in total. The number of rotatable bonds is 4. The Morgan fingerprint density at radius 2 is 2.07 bits per heavy atom. The second-order valence-electron chi connectivity index (χ2n) is 6.90. The lowest BCUT2D eigenvalue weighted by Crippen LogP contribution is -2.45. The third-order valence-electron chi connectivity index (χ3n) is 4.89. The number of nitrogens with zero attached hydrogens (tertiary/aromatic N) is 1. The van der Waals surface area contributed by atoms with Crippen LogP contribution in [0.3, 0.4) is 0 Å². The van der Waals surface area contributed by atoms with Crippen molar-refractivity contribution >= 4 is 11.8 Å². The molecular weight excluding hydrogens is 373 g/mol. The lowest BCUT2D eigenvalue weighted by molar-refractivity contribution is -0.137. The quantitative estimate of drug-likeness (QED) is 0.859. The molecule has 2 amide bonds. The van der Waals surface area contributed by atoms with E-state index in [4.69, 9.17) is 4.42 Å². The molecule has 1 atom stereocenters. The molecule has 8 heteroatoms. The normalized spacial score (nSPS) is 17.4. The zero-order valence-electron chi connectivity index (χ0n) is 15.4. The molecule has 0 radical (unpaired) electrons. The van der Waals surface area contributed by atoms with Crippen LogP contribution in [0.1, 0.15) is 40.1 Å². The number of hydrogen-bond donors (Lipinski definition) is 1. The molecule has 0 unspecified atom stereocenters. The van der Waals surface area contributed by atoms with Crippen molar-refractivity contribution in [2.45, 2.75) is 32.5 Å². The summed E-state index contributed by atoms with van der Waals surface area (Å²) in [6, 6.07) is 6.48. The van der Waals surface area contributed by atoms with Crippen molar-refractivity contribution in [3.05, 3.63) is 59.0 Å². The number of piperidine rings is 1. The first-order valence-corrected chi connectivity index (χ1v) is 9.03. The fourth-order valence-corrected chi connectivity index (χ4v) is 3.34. The number of halogens is 3. The largest absolute Gasteiger partial charge is 0.469 e. The predicted octanol–water partition coefficient (Wildman–Crippen LogP) is 3.78. The SMILES string of the molecule is Cc1occc1C(=O)N1CCC[C@@H](C(=O)NCc2cccc(C(F)(F)F)c2)C1. The van der Waals surface area contributed by atoms with Gasteiger partial charge in [0.05, 0.1) is 23.3 Å². The minimum atomic E-state index is -4.42. The van der Waals surface area contributed by atoms with Gasteiger partial charge in [-0.3, -0.25) is 9.59 Å². The maximum absolute atomic E-state index is 12.8. The fraction of sp³-hybridized carbons (Fsp3) is 0.400. The van der Waals surface area contributed by atoms with Gasteiger partial charge in [0.1, 0.15) is 5.76 Å². The number of aryl methyl sites for hydroxylation is 1. The summed E-state index contributed by atoms with van der Waals surface area (Å²) in [5.74, 6) is -0.308. The Labute approximate surface area is 160 Å². The fourth-order valence-electron chi connectivity index (χ4n) is 3.34. The van der Waals surface area contributed by atoms with Gasteiger partial charge in [-0.1, -0.05) is 12.1 Å². The summed E-state index contributed by atoms with van der Waals surface area (Å²) in [6.07, 6.45) is -1.66. The average Bonchev–Trinajstić information content (AvgIpc) is 3.11. The number of amides is 2. The monoisotopic (exact) mass is 394 g/mol. The lowest BCUT2D eigenvalue weighted by Gasteiger charge is -2.32. The zero-order valence-corrected chi connectivity index (χ0v) is 15.4. The van der Waals surface area contributed by atoms with Gasteiger partial charge in [-0.05, 0) is 43.5 Å². The van der Waals surface area contributed by atoms with Gasteiger partial charge < -0.3 is 14.6 Å². The third kappa shape index (κ3) is 4.55. The highest BCUT2D eigenvalue weighted by molar-refractivity contribution is 5.95. The molecule has 1 aromatic carbocycles. The van der Waals surface area contributed by atoms with Gasteiger partial charge in [0.15, 0.2) is 0 Å². The molecule has 1 aliphatic heterocycles. The Balaban J connectivity index is 1.59. The Bertz CT molecular complexity index is 860. The van der Waals surface area contributed by atoms with Crippen LogP contribution in [0.2, 0.25) is 0 Å². The van der Waals surface area contributed by atoms with E-state index in [-0.39, 0.29) is 24.9 Å². The maximum atomic E-state index is 12.8. The lowest BCUT2D eigenvalue weighted by atomic mass is 9.96. The van der Waals surface area contributed by atoms with Crippen LogP contribution in [-0.4, -0.2) is 29.8 Å². The van der Waals surface area contributed by atoms with Gasteiger partial charge in [-0.25, -0.2) is 0 Å². The van der Waals surface area contributed by atoms with Crippen molar-refractivity contribution in [1.29, 1.82) is 0 Å². The maximum Gasteiger partial charge on any atom is 0.416 e. The molecular formula is C20H21F3N2O3. The van der Waals surface area contributed by atoms with Crippen molar-refractivity contribution < 1.29 is 27.2 Å². The summed E-state index contributed by atoms with van der Waals surface area (Å²) in [4.78, 5) is 26.7. The van der Waals surface area contributed by atoms with E-state index in [0.29, 0.717) is 36.3 Å². The molecule has 28 heavy (non-hydrogen) atoms. The van der Waals surface area contributed by atoms with E-state index in [0.717, 1.165) is 12.1 Å². The standard InChI is InChI=1S/C20H21F3N2O3/c1-13-17(7-9-28-13)19(27)25-8-3-5-15(12-25)18(26)24-11-14-4-2-6-16(10-14)20(21,22)23/h2,4,6-7,9-10,15H,3,5,8,11-12H2,1H3,(H,24,26)/t15-/m1/s1. The first kappa shape index (κ1) is 20.0. The Morgan fingerprint density at radius 1 is 1.29 bits per heavy atom. The number of carbonyl (C=O) groups excluding carboxylic acids is 2. The van der Waals surface area contributed by atoms with Gasteiger partial charge in [-0.2, -0.15) is 13.2 Å². The van der Waals surface area contributed by atoms with Crippen LogP contribution >= 0.6 is 0 Å². The van der Waals surface area contributed by atoms with Crippen LogP contribution < -0.4 is 5.32 Å². The smallest absolute Gasteiger partial charge is 0.416 e. The molecule has 5 nitrogen and oxygen atoms in total. The number of alkyl halides is 3. The average molecular weight is 394 g/mol. The summed E-state index contributed by atoms with van der Waals surface area (Å²) in [5.41, 5.74) is 0.107. The van der Waals surface area contributed by atoms with E-state index in [1.807, 2.05) is 0 Å². The molecule has 3 rings (SSSR count). The minimum Gasteiger partial charge on any atom is -0.469 e. The molecule has 0 aliphatic carbocycles. The zero-order chi connectivity index (χ0) is 20.3. The van der Waals surface area contributed by atoms with Crippen LogP contribution in [0.4, 0.5) is 13.2 Å². The number of likely N-dealkylation sites (tertiary alicyclic amines) is 1. The van der Waals surface area contributed by atoms with E-state index in [2.05, 4.69) is 5.32 Å². The highest BCUT2D eigenvalue weighted by Crippen LogP contribution is 2.29. The van der Waals surface area contributed by atoms with E-state index >= 15 is 0 Å². The summed E-state index contributed by atoms with van der Waals surface area (Å²) >= 11 is 0. The van der Waals surface area contributed by atoms with Crippen LogP contribution in [0, 0.1) is 12.8 Å². The van der Waals surface area contributed by atoms with E-state index in [1.54, 1.807) is 17.9 Å². The number of benzene rings is 1. The number of carbonyl (C=O) groups is 2. The van der Waals surface area contributed by atoms with Crippen molar-refractivity contribution in [3.8, 4) is 0 Å². The predicted molar refractivity (Wildman–Crippen MR) is 95.4 cm³/mol. The number of hydrogen-bond acceptors (Lipinski definition) is 3.